The lowest BCUT2D eigenvalue weighted by Gasteiger charge is -2.19. The fraction of sp³-hybridized carbons (Fsp3) is 0.636. The number of nitrogens with one attached hydrogen (secondary N) is 1. The molecule has 2 heterocycles. The van der Waals surface area contributed by atoms with Gasteiger partial charge in [-0.1, -0.05) is 0 Å². The van der Waals surface area contributed by atoms with E-state index in [1.165, 1.54) is 17.9 Å². The van der Waals surface area contributed by atoms with Crippen LogP contribution in [0.15, 0.2) is 15.8 Å². The summed E-state index contributed by atoms with van der Waals surface area (Å²) in [5.74, 6) is 0. The van der Waals surface area contributed by atoms with Gasteiger partial charge in [-0.25, -0.2) is 4.79 Å². The summed E-state index contributed by atoms with van der Waals surface area (Å²) in [6.45, 7) is 1.47. The summed E-state index contributed by atoms with van der Waals surface area (Å²) < 4.78 is 12.1. The second kappa shape index (κ2) is 5.05. The van der Waals surface area contributed by atoms with Gasteiger partial charge in [0.1, 0.15) is 6.10 Å². The van der Waals surface area contributed by atoms with Crippen LogP contribution in [-0.4, -0.2) is 40.6 Å². The van der Waals surface area contributed by atoms with Gasteiger partial charge in [0.25, 0.3) is 5.56 Å². The molecule has 7 heteroatoms. The normalized spacial score (nSPS) is 27.6. The van der Waals surface area contributed by atoms with Crippen molar-refractivity contribution >= 4 is 0 Å². The van der Waals surface area contributed by atoms with Crippen LogP contribution < -0.4 is 11.2 Å². The van der Waals surface area contributed by atoms with Crippen LogP contribution in [0.4, 0.5) is 0 Å². The molecule has 7 nitrogen and oxygen atoms in total. The monoisotopic (exact) mass is 256 g/mol. The lowest BCUT2D eigenvalue weighted by molar-refractivity contribution is -0.0626. The molecule has 2 rings (SSSR count). The van der Waals surface area contributed by atoms with E-state index < -0.39 is 17.5 Å². The summed E-state index contributed by atoms with van der Waals surface area (Å²) in [7, 11) is 1.52. The van der Waals surface area contributed by atoms with E-state index >= 15 is 0 Å². The van der Waals surface area contributed by atoms with Crippen molar-refractivity contribution in [2.45, 2.75) is 31.8 Å². The molecule has 0 amide bonds. The number of nitrogens with zero attached hydrogens (tertiary/aromatic N) is 1. The van der Waals surface area contributed by atoms with Gasteiger partial charge in [-0.2, -0.15) is 0 Å². The lowest BCUT2D eigenvalue weighted by Crippen LogP contribution is -2.36. The first-order valence-corrected chi connectivity index (χ1v) is 5.68. The van der Waals surface area contributed by atoms with Crippen molar-refractivity contribution < 1.29 is 14.6 Å². The predicted octanol–water partition coefficient (Wildman–Crippen LogP) is -0.860. The highest BCUT2D eigenvalue weighted by Gasteiger charge is 2.36. The number of aromatic amines is 1. The molecule has 1 saturated heterocycles. The molecule has 0 unspecified atom stereocenters. The van der Waals surface area contributed by atoms with Crippen LogP contribution >= 0.6 is 0 Å². The van der Waals surface area contributed by atoms with E-state index in [-0.39, 0.29) is 18.8 Å². The van der Waals surface area contributed by atoms with Gasteiger partial charge in [-0.3, -0.25) is 14.3 Å². The van der Waals surface area contributed by atoms with Crippen LogP contribution in [0.1, 0.15) is 18.2 Å². The quantitative estimate of drug-likeness (QED) is 0.734. The Labute approximate surface area is 103 Å². The predicted molar refractivity (Wildman–Crippen MR) is 62.5 cm³/mol. The van der Waals surface area contributed by atoms with E-state index in [1.54, 1.807) is 6.92 Å². The average molecular weight is 256 g/mol. The highest BCUT2D eigenvalue weighted by Crippen LogP contribution is 2.29. The van der Waals surface area contributed by atoms with Gasteiger partial charge >= 0.3 is 5.69 Å². The Bertz CT molecular complexity index is 535. The summed E-state index contributed by atoms with van der Waals surface area (Å²) in [5.41, 5.74) is -0.543. The number of aryl methyl sites for hydroxylation is 1. The highest BCUT2D eigenvalue weighted by molar-refractivity contribution is 5.02. The number of aromatic nitrogens is 2. The first kappa shape index (κ1) is 13.0. The molecule has 100 valence electrons. The molecule has 0 radical (unpaired) electrons. The summed E-state index contributed by atoms with van der Waals surface area (Å²) >= 11 is 0. The van der Waals surface area contributed by atoms with Gasteiger partial charge in [0.2, 0.25) is 0 Å². The molecule has 2 N–H and O–H groups in total. The molecule has 1 aromatic heterocycles. The van der Waals surface area contributed by atoms with Gasteiger partial charge in [0, 0.05) is 25.3 Å². The van der Waals surface area contributed by atoms with Crippen molar-refractivity contribution in [2.75, 3.05) is 13.7 Å². The van der Waals surface area contributed by atoms with Crippen molar-refractivity contribution in [3.63, 3.8) is 0 Å². The number of rotatable bonds is 3. The summed E-state index contributed by atoms with van der Waals surface area (Å²) in [6.07, 6.45) is 0.624. The Morgan fingerprint density at radius 3 is 2.94 bits per heavy atom. The van der Waals surface area contributed by atoms with Crippen LogP contribution in [0, 0.1) is 6.92 Å². The van der Waals surface area contributed by atoms with E-state index in [9.17, 15) is 9.59 Å². The van der Waals surface area contributed by atoms with Gasteiger partial charge in [-0.05, 0) is 6.92 Å². The van der Waals surface area contributed by atoms with Crippen molar-refractivity contribution in [3.8, 4) is 0 Å². The van der Waals surface area contributed by atoms with E-state index in [4.69, 9.17) is 14.6 Å². The first-order valence-electron chi connectivity index (χ1n) is 5.68. The van der Waals surface area contributed by atoms with Crippen LogP contribution in [-0.2, 0) is 9.47 Å². The maximum Gasteiger partial charge on any atom is 0.330 e. The van der Waals surface area contributed by atoms with Crippen molar-refractivity contribution in [1.82, 2.24) is 9.55 Å². The van der Waals surface area contributed by atoms with E-state index in [2.05, 4.69) is 4.98 Å². The Hall–Kier alpha value is -1.44. The first-order chi connectivity index (χ1) is 8.56. The number of ether oxygens (including phenoxy) is 2. The lowest BCUT2D eigenvalue weighted by atomic mass is 10.2. The maximum atomic E-state index is 11.7. The second-order valence-corrected chi connectivity index (χ2v) is 4.32. The molecular formula is C11H16N2O5. The zero-order valence-corrected chi connectivity index (χ0v) is 10.3. The van der Waals surface area contributed by atoms with Crippen LogP contribution in [0.25, 0.3) is 0 Å². The van der Waals surface area contributed by atoms with Gasteiger partial charge in [0.15, 0.2) is 6.23 Å². The molecule has 1 aliphatic rings. The standard InChI is InChI=1S/C11H16N2O5/c1-6-4-13(11(16)12-9(6)15)10-8(17-2)3-7(5-14)18-10/h4,7-8,10,14H,3,5H2,1-2H3,(H,12,15,16)/t7-,8+,10+/m0/s1. The second-order valence-electron chi connectivity index (χ2n) is 4.32. The van der Waals surface area contributed by atoms with Crippen LogP contribution in [0.5, 0.6) is 0 Å². The zero-order valence-electron chi connectivity index (χ0n) is 10.3. The molecule has 0 aromatic carbocycles. The molecule has 1 aromatic rings. The Morgan fingerprint density at radius 2 is 2.33 bits per heavy atom. The maximum absolute atomic E-state index is 11.7. The SMILES string of the molecule is CO[C@@H]1C[C@@H](CO)O[C@H]1n1cc(C)c(=O)[nH]c1=O. The van der Waals surface area contributed by atoms with Crippen molar-refractivity contribution in [3.05, 3.63) is 32.6 Å². The van der Waals surface area contributed by atoms with E-state index in [0.717, 1.165) is 0 Å². The Morgan fingerprint density at radius 1 is 1.61 bits per heavy atom. The molecule has 3 atom stereocenters. The van der Waals surface area contributed by atoms with Crippen LogP contribution in [0.3, 0.4) is 0 Å². The number of hydrogen-bond acceptors (Lipinski definition) is 5. The minimum Gasteiger partial charge on any atom is -0.394 e. The third-order valence-corrected chi connectivity index (χ3v) is 3.07. The molecule has 0 aliphatic carbocycles. The third kappa shape index (κ3) is 2.24. The van der Waals surface area contributed by atoms with Crippen molar-refractivity contribution in [2.24, 2.45) is 0 Å². The Balaban J connectivity index is 2.39. The van der Waals surface area contributed by atoms with Gasteiger partial charge < -0.3 is 14.6 Å². The van der Waals surface area contributed by atoms with E-state index in [1.807, 2.05) is 0 Å². The molecule has 0 spiro atoms. The molecule has 18 heavy (non-hydrogen) atoms. The molecule has 1 fully saturated rings. The molecular weight excluding hydrogens is 240 g/mol. The average Bonchev–Trinajstić information content (AvgIpc) is 2.77. The third-order valence-electron chi connectivity index (χ3n) is 3.07. The number of H-pyrrole nitrogens is 1. The molecule has 0 saturated carbocycles. The minimum absolute atomic E-state index is 0.132. The summed E-state index contributed by atoms with van der Waals surface area (Å²) in [4.78, 5) is 25.3. The highest BCUT2D eigenvalue weighted by atomic mass is 16.6. The number of aliphatic hydroxyl groups is 1. The summed E-state index contributed by atoms with van der Waals surface area (Å²) in [6, 6.07) is 0. The molecule has 1 aliphatic heterocycles. The van der Waals surface area contributed by atoms with Crippen LogP contribution in [0.2, 0.25) is 0 Å². The summed E-state index contributed by atoms with van der Waals surface area (Å²) in [5, 5.41) is 9.09. The number of aliphatic hydroxyl groups excluding tert-OH is 1. The largest absolute Gasteiger partial charge is 0.394 e. The topological polar surface area (TPSA) is 93.5 Å². The minimum atomic E-state index is -0.629. The fourth-order valence-corrected chi connectivity index (χ4v) is 2.07. The van der Waals surface area contributed by atoms with Gasteiger partial charge in [0.05, 0.1) is 12.7 Å². The fourth-order valence-electron chi connectivity index (χ4n) is 2.07. The smallest absolute Gasteiger partial charge is 0.330 e. The Kier molecular flexibility index (Phi) is 3.65. The number of hydrogen-bond donors (Lipinski definition) is 2. The van der Waals surface area contributed by atoms with Crippen molar-refractivity contribution in [1.29, 1.82) is 0 Å². The van der Waals surface area contributed by atoms with E-state index in [0.29, 0.717) is 12.0 Å². The zero-order chi connectivity index (χ0) is 13.3. The van der Waals surface area contributed by atoms with Gasteiger partial charge in [-0.15, -0.1) is 0 Å². The number of methoxy groups -OCH3 is 1. The molecule has 0 bridgehead atoms.